The summed E-state index contributed by atoms with van der Waals surface area (Å²) < 4.78 is 0. The highest BCUT2D eigenvalue weighted by Crippen LogP contribution is 2.35. The maximum absolute atomic E-state index is 12.6. The van der Waals surface area contributed by atoms with Crippen molar-refractivity contribution in [2.24, 2.45) is 11.5 Å². The molecule has 0 bridgehead atoms. The van der Waals surface area contributed by atoms with Crippen LogP contribution in [0.5, 0.6) is 0 Å². The average Bonchev–Trinajstić information content (AvgIpc) is 2.92. The van der Waals surface area contributed by atoms with Gasteiger partial charge in [-0.3, -0.25) is 4.79 Å². The molecule has 1 saturated heterocycles. The fraction of sp³-hybridized carbons (Fsp3) is 0.875. The molecule has 1 aliphatic rings. The lowest BCUT2D eigenvalue weighted by molar-refractivity contribution is -0.157. The number of hydrogen-bond acceptors (Lipinski definition) is 4. The average molecular weight is 313 g/mol. The Labute approximate surface area is 133 Å². The largest absolute Gasteiger partial charge is 0.479 e. The van der Waals surface area contributed by atoms with Crippen LogP contribution in [0.3, 0.4) is 0 Å². The van der Waals surface area contributed by atoms with Gasteiger partial charge in [0.25, 0.3) is 0 Å². The van der Waals surface area contributed by atoms with E-state index in [0.29, 0.717) is 32.4 Å². The molecule has 1 fully saturated rings. The molecule has 0 aromatic rings. The first-order valence-corrected chi connectivity index (χ1v) is 8.50. The van der Waals surface area contributed by atoms with E-state index in [1.807, 2.05) is 0 Å². The summed E-state index contributed by atoms with van der Waals surface area (Å²) in [4.78, 5) is 26.0. The van der Waals surface area contributed by atoms with Crippen LogP contribution in [0.25, 0.3) is 0 Å². The third kappa shape index (κ3) is 4.43. The van der Waals surface area contributed by atoms with Crippen LogP contribution < -0.4 is 11.5 Å². The molecule has 1 rings (SSSR count). The molecule has 0 radical (unpaired) electrons. The van der Waals surface area contributed by atoms with Crippen LogP contribution in [0.15, 0.2) is 0 Å². The van der Waals surface area contributed by atoms with Gasteiger partial charge in [0.05, 0.1) is 6.04 Å². The molecule has 6 heteroatoms. The van der Waals surface area contributed by atoms with Crippen molar-refractivity contribution in [3.8, 4) is 0 Å². The molecule has 5 N–H and O–H groups in total. The van der Waals surface area contributed by atoms with Crippen molar-refractivity contribution >= 4 is 11.9 Å². The van der Waals surface area contributed by atoms with Gasteiger partial charge in [-0.1, -0.05) is 32.6 Å². The van der Waals surface area contributed by atoms with E-state index in [4.69, 9.17) is 11.5 Å². The Hall–Kier alpha value is -1.14. The molecular weight excluding hydrogens is 282 g/mol. The van der Waals surface area contributed by atoms with E-state index in [-0.39, 0.29) is 5.91 Å². The van der Waals surface area contributed by atoms with Crippen LogP contribution in [-0.4, -0.2) is 46.6 Å². The van der Waals surface area contributed by atoms with Crippen LogP contribution in [0.2, 0.25) is 0 Å². The van der Waals surface area contributed by atoms with Crippen LogP contribution in [0, 0.1) is 0 Å². The predicted molar refractivity (Wildman–Crippen MR) is 86.3 cm³/mol. The molecule has 0 aromatic carbocycles. The molecule has 0 aromatic heterocycles. The molecule has 0 aliphatic carbocycles. The summed E-state index contributed by atoms with van der Waals surface area (Å²) in [5.74, 6) is -1.10. The Bertz CT molecular complexity index is 376. The normalized spacial score (nSPS) is 22.8. The maximum Gasteiger partial charge on any atom is 0.329 e. The standard InChI is InChI=1S/C16H31N3O3/c1-2-3-5-9-16(15(21)22)10-7-12-19(16)14(20)13(18)8-4-6-11-17/h13H,2-12,17-18H2,1H3,(H,21,22)/t13-,16-/m0/s1. The van der Waals surface area contributed by atoms with Crippen molar-refractivity contribution in [3.63, 3.8) is 0 Å². The number of unbranched alkanes of at least 4 members (excludes halogenated alkanes) is 3. The summed E-state index contributed by atoms with van der Waals surface area (Å²) in [6.45, 7) is 3.17. The summed E-state index contributed by atoms with van der Waals surface area (Å²) >= 11 is 0. The van der Waals surface area contributed by atoms with Gasteiger partial charge >= 0.3 is 5.97 Å². The zero-order valence-electron chi connectivity index (χ0n) is 13.7. The minimum Gasteiger partial charge on any atom is -0.479 e. The lowest BCUT2D eigenvalue weighted by Crippen LogP contribution is -2.57. The summed E-state index contributed by atoms with van der Waals surface area (Å²) in [5.41, 5.74) is 10.4. The van der Waals surface area contributed by atoms with E-state index in [1.54, 1.807) is 0 Å². The van der Waals surface area contributed by atoms with Gasteiger partial charge in [0.2, 0.25) is 5.91 Å². The first kappa shape index (κ1) is 18.9. The number of amides is 1. The minimum atomic E-state index is -1.04. The van der Waals surface area contributed by atoms with E-state index in [1.165, 1.54) is 4.90 Å². The Morgan fingerprint density at radius 2 is 2.00 bits per heavy atom. The molecule has 0 saturated carbocycles. The fourth-order valence-electron chi connectivity index (χ4n) is 3.29. The summed E-state index contributed by atoms with van der Waals surface area (Å²) in [5, 5.41) is 9.73. The molecule has 22 heavy (non-hydrogen) atoms. The highest BCUT2D eigenvalue weighted by Gasteiger charge is 2.49. The second-order valence-corrected chi connectivity index (χ2v) is 6.28. The molecule has 1 aliphatic heterocycles. The molecule has 0 unspecified atom stereocenters. The van der Waals surface area contributed by atoms with Crippen LogP contribution in [-0.2, 0) is 9.59 Å². The van der Waals surface area contributed by atoms with E-state index >= 15 is 0 Å². The number of carboxylic acids is 1. The van der Waals surface area contributed by atoms with E-state index in [9.17, 15) is 14.7 Å². The van der Waals surface area contributed by atoms with E-state index in [0.717, 1.165) is 38.5 Å². The van der Waals surface area contributed by atoms with E-state index in [2.05, 4.69) is 6.92 Å². The smallest absolute Gasteiger partial charge is 0.329 e. The zero-order chi connectivity index (χ0) is 16.6. The highest BCUT2D eigenvalue weighted by molar-refractivity contribution is 5.90. The van der Waals surface area contributed by atoms with Gasteiger partial charge in [0.15, 0.2) is 0 Å². The molecule has 1 heterocycles. The SMILES string of the molecule is CCCCC[C@@]1(C(=O)O)CCCN1C(=O)[C@@H](N)CCCCN. The van der Waals surface area contributed by atoms with Gasteiger partial charge in [0.1, 0.15) is 5.54 Å². The van der Waals surface area contributed by atoms with Gasteiger partial charge in [-0.25, -0.2) is 4.79 Å². The number of likely N-dealkylation sites (tertiary alicyclic amines) is 1. The van der Waals surface area contributed by atoms with E-state index < -0.39 is 17.6 Å². The van der Waals surface area contributed by atoms with Crippen molar-refractivity contribution < 1.29 is 14.7 Å². The number of nitrogens with zero attached hydrogens (tertiary/aromatic N) is 1. The van der Waals surface area contributed by atoms with Gasteiger partial charge in [0, 0.05) is 6.54 Å². The van der Waals surface area contributed by atoms with Gasteiger partial charge < -0.3 is 21.5 Å². The summed E-state index contributed by atoms with van der Waals surface area (Å²) in [6, 6.07) is -0.616. The molecule has 0 spiro atoms. The number of carbonyl (C=O) groups is 2. The Balaban J connectivity index is 2.75. The van der Waals surface area contributed by atoms with Crippen molar-refractivity contribution in [2.45, 2.75) is 76.3 Å². The van der Waals surface area contributed by atoms with Gasteiger partial charge in [-0.05, 0) is 38.6 Å². The third-order valence-corrected chi connectivity index (χ3v) is 4.63. The molecule has 1 amide bonds. The second kappa shape index (κ2) is 9.10. The third-order valence-electron chi connectivity index (χ3n) is 4.63. The Morgan fingerprint density at radius 1 is 1.27 bits per heavy atom. The predicted octanol–water partition coefficient (Wildman–Crippen LogP) is 1.47. The van der Waals surface area contributed by atoms with Crippen molar-refractivity contribution in [2.75, 3.05) is 13.1 Å². The number of carbonyl (C=O) groups excluding carboxylic acids is 1. The van der Waals surface area contributed by atoms with Crippen molar-refractivity contribution in [1.82, 2.24) is 4.90 Å². The van der Waals surface area contributed by atoms with Crippen molar-refractivity contribution in [1.29, 1.82) is 0 Å². The Morgan fingerprint density at radius 3 is 2.59 bits per heavy atom. The van der Waals surface area contributed by atoms with Gasteiger partial charge in [-0.15, -0.1) is 0 Å². The number of carboxylic acid groups (broad SMARTS) is 1. The molecular formula is C16H31N3O3. The quantitative estimate of drug-likeness (QED) is 0.529. The summed E-state index contributed by atoms with van der Waals surface area (Å²) in [7, 11) is 0. The first-order valence-electron chi connectivity index (χ1n) is 8.50. The lowest BCUT2D eigenvalue weighted by Gasteiger charge is -2.36. The number of rotatable bonds is 10. The topological polar surface area (TPSA) is 110 Å². The fourth-order valence-corrected chi connectivity index (χ4v) is 3.29. The maximum atomic E-state index is 12.6. The number of nitrogens with two attached hydrogens (primary N) is 2. The van der Waals surface area contributed by atoms with Crippen LogP contribution in [0.1, 0.15) is 64.7 Å². The van der Waals surface area contributed by atoms with Crippen LogP contribution in [0.4, 0.5) is 0 Å². The molecule has 128 valence electrons. The number of hydrogen-bond donors (Lipinski definition) is 3. The highest BCUT2D eigenvalue weighted by atomic mass is 16.4. The first-order chi connectivity index (χ1) is 10.5. The number of aliphatic carboxylic acids is 1. The monoisotopic (exact) mass is 313 g/mol. The molecule has 2 atom stereocenters. The zero-order valence-corrected chi connectivity index (χ0v) is 13.7. The molecule has 6 nitrogen and oxygen atoms in total. The lowest BCUT2D eigenvalue weighted by atomic mass is 9.88. The second-order valence-electron chi connectivity index (χ2n) is 6.28. The Kier molecular flexibility index (Phi) is 7.82. The summed E-state index contributed by atoms with van der Waals surface area (Å²) in [6.07, 6.45) is 6.84. The minimum absolute atomic E-state index is 0.214. The van der Waals surface area contributed by atoms with Gasteiger partial charge in [-0.2, -0.15) is 0 Å². The van der Waals surface area contributed by atoms with Crippen molar-refractivity contribution in [3.05, 3.63) is 0 Å². The van der Waals surface area contributed by atoms with Crippen LogP contribution >= 0.6 is 0 Å².